The van der Waals surface area contributed by atoms with Crippen molar-refractivity contribution >= 4 is 6.03 Å². The van der Waals surface area contributed by atoms with Crippen LogP contribution in [0, 0.1) is 5.92 Å². The van der Waals surface area contributed by atoms with Crippen LogP contribution >= 0.6 is 0 Å². The summed E-state index contributed by atoms with van der Waals surface area (Å²) in [6.45, 7) is 7.37. The highest BCUT2D eigenvalue weighted by molar-refractivity contribution is 5.74. The van der Waals surface area contributed by atoms with E-state index in [-0.39, 0.29) is 18.5 Å². The average Bonchev–Trinajstić information content (AvgIpc) is 3.10. The smallest absolute Gasteiger partial charge is 0.317 e. The number of hydrogen-bond acceptors (Lipinski definition) is 6. The minimum atomic E-state index is -0.204. The summed E-state index contributed by atoms with van der Waals surface area (Å²) in [6.07, 6.45) is 6.70. The largest absolute Gasteiger partial charge is 0.335 e. The number of carbonyl (C=O) groups is 1. The van der Waals surface area contributed by atoms with Crippen LogP contribution in [0.25, 0.3) is 0 Å². The van der Waals surface area contributed by atoms with E-state index >= 15 is 0 Å². The van der Waals surface area contributed by atoms with Crippen LogP contribution in [0.4, 0.5) is 4.79 Å². The van der Waals surface area contributed by atoms with Crippen LogP contribution in [0.5, 0.6) is 0 Å². The molecule has 8 nitrogen and oxygen atoms in total. The molecule has 0 aromatic heterocycles. The van der Waals surface area contributed by atoms with E-state index in [1.165, 1.54) is 12.8 Å². The lowest BCUT2D eigenvalue weighted by Gasteiger charge is -2.37. The zero-order valence-electron chi connectivity index (χ0n) is 16.2. The standard InChI is InChI=1S/C18H37N7O/c1-12-3-5-14(6-4-12)23-18(26)25-17-22-13(2)9-16(24-17)20-8-7-15-10-19-11-21-15/h12-17,19-22,24H,3-11H2,1-2H3,(H2,23,25,26). The summed E-state index contributed by atoms with van der Waals surface area (Å²) in [5.74, 6) is 0.792. The molecule has 2 aliphatic heterocycles. The molecule has 8 heteroatoms. The van der Waals surface area contributed by atoms with Gasteiger partial charge in [0.05, 0.1) is 6.17 Å². The van der Waals surface area contributed by atoms with E-state index in [0.717, 1.165) is 51.4 Å². The molecule has 4 unspecified atom stereocenters. The van der Waals surface area contributed by atoms with Crippen LogP contribution in [0.15, 0.2) is 0 Å². The SMILES string of the molecule is CC1CCC(NC(=O)NC2NC(C)CC(NCCC3CNCN3)N2)CC1. The van der Waals surface area contributed by atoms with Gasteiger partial charge in [0.25, 0.3) is 0 Å². The second-order valence-corrected chi connectivity index (χ2v) is 8.31. The van der Waals surface area contributed by atoms with E-state index in [1.807, 2.05) is 0 Å². The average molecular weight is 368 g/mol. The molecule has 0 aromatic carbocycles. The molecule has 3 rings (SSSR count). The Morgan fingerprint density at radius 3 is 2.62 bits per heavy atom. The molecule has 3 fully saturated rings. The Morgan fingerprint density at radius 1 is 1.08 bits per heavy atom. The Hall–Kier alpha value is -0.930. The summed E-state index contributed by atoms with van der Waals surface area (Å²) >= 11 is 0. The van der Waals surface area contributed by atoms with Gasteiger partial charge >= 0.3 is 6.03 Å². The molecule has 0 radical (unpaired) electrons. The predicted octanol–water partition coefficient (Wildman–Crippen LogP) is -0.0560. The molecule has 7 N–H and O–H groups in total. The van der Waals surface area contributed by atoms with Crippen molar-refractivity contribution in [1.29, 1.82) is 0 Å². The van der Waals surface area contributed by atoms with Crippen molar-refractivity contribution in [3.8, 4) is 0 Å². The maximum absolute atomic E-state index is 12.3. The molecule has 0 spiro atoms. The number of carbonyl (C=O) groups excluding carboxylic acids is 1. The Morgan fingerprint density at radius 2 is 1.88 bits per heavy atom. The molecule has 3 aliphatic rings. The third-order valence-corrected chi connectivity index (χ3v) is 5.82. The van der Waals surface area contributed by atoms with Crippen LogP contribution in [-0.2, 0) is 0 Å². The normalized spacial score (nSPS) is 38.1. The van der Waals surface area contributed by atoms with Crippen molar-refractivity contribution in [3.63, 3.8) is 0 Å². The number of amides is 2. The van der Waals surface area contributed by atoms with Crippen molar-refractivity contribution in [1.82, 2.24) is 37.2 Å². The Kier molecular flexibility index (Phi) is 7.51. The van der Waals surface area contributed by atoms with Gasteiger partial charge in [-0.3, -0.25) is 10.6 Å². The first-order valence-electron chi connectivity index (χ1n) is 10.3. The maximum atomic E-state index is 12.3. The second-order valence-electron chi connectivity index (χ2n) is 8.31. The molecule has 150 valence electrons. The molecule has 1 aliphatic carbocycles. The van der Waals surface area contributed by atoms with Gasteiger partial charge in [0, 0.05) is 31.3 Å². The summed E-state index contributed by atoms with van der Waals surface area (Å²) in [7, 11) is 0. The van der Waals surface area contributed by atoms with Crippen LogP contribution in [-0.4, -0.2) is 56.4 Å². The van der Waals surface area contributed by atoms with Crippen molar-refractivity contribution in [2.24, 2.45) is 5.92 Å². The molecule has 0 bridgehead atoms. The van der Waals surface area contributed by atoms with E-state index in [1.54, 1.807) is 0 Å². The van der Waals surface area contributed by atoms with Crippen LogP contribution in [0.3, 0.4) is 0 Å². The predicted molar refractivity (Wildman–Crippen MR) is 103 cm³/mol. The molecule has 2 amide bonds. The Labute approximate surface area is 157 Å². The van der Waals surface area contributed by atoms with E-state index in [2.05, 4.69) is 51.1 Å². The van der Waals surface area contributed by atoms with Crippen molar-refractivity contribution in [2.45, 2.75) is 83.0 Å². The van der Waals surface area contributed by atoms with Gasteiger partial charge in [-0.05, 0) is 57.9 Å². The molecule has 4 atom stereocenters. The van der Waals surface area contributed by atoms with Gasteiger partial charge in [-0.2, -0.15) is 0 Å². The van der Waals surface area contributed by atoms with Crippen LogP contribution in [0.2, 0.25) is 0 Å². The third kappa shape index (κ3) is 6.35. The minimum absolute atomic E-state index is 0.0800. The lowest BCUT2D eigenvalue weighted by atomic mass is 9.87. The Balaban J connectivity index is 1.36. The Bertz CT molecular complexity index is 435. The van der Waals surface area contributed by atoms with Gasteiger partial charge in [0.15, 0.2) is 0 Å². The minimum Gasteiger partial charge on any atom is -0.335 e. The molecule has 0 aromatic rings. The van der Waals surface area contributed by atoms with E-state index in [0.29, 0.717) is 18.1 Å². The van der Waals surface area contributed by atoms with Gasteiger partial charge in [-0.15, -0.1) is 0 Å². The van der Waals surface area contributed by atoms with Crippen molar-refractivity contribution in [3.05, 3.63) is 0 Å². The lowest BCUT2D eigenvalue weighted by Crippen LogP contribution is -2.68. The quantitative estimate of drug-likeness (QED) is 0.355. The highest BCUT2D eigenvalue weighted by Gasteiger charge is 2.27. The molecule has 2 saturated heterocycles. The molecule has 1 saturated carbocycles. The van der Waals surface area contributed by atoms with Crippen LogP contribution < -0.4 is 37.2 Å². The lowest BCUT2D eigenvalue weighted by molar-refractivity contribution is 0.183. The molecule has 26 heavy (non-hydrogen) atoms. The van der Waals surface area contributed by atoms with E-state index in [9.17, 15) is 4.79 Å². The maximum Gasteiger partial charge on any atom is 0.317 e. The first-order valence-corrected chi connectivity index (χ1v) is 10.3. The summed E-state index contributed by atoms with van der Waals surface area (Å²) in [6, 6.07) is 1.14. The zero-order valence-corrected chi connectivity index (χ0v) is 16.2. The van der Waals surface area contributed by atoms with E-state index < -0.39 is 0 Å². The fourth-order valence-electron chi connectivity index (χ4n) is 4.18. The molecular formula is C18H37N7O. The van der Waals surface area contributed by atoms with Gasteiger partial charge in [-0.1, -0.05) is 6.92 Å². The van der Waals surface area contributed by atoms with Crippen molar-refractivity contribution in [2.75, 3.05) is 19.8 Å². The topological polar surface area (TPSA) is 101 Å². The van der Waals surface area contributed by atoms with E-state index in [4.69, 9.17) is 0 Å². The third-order valence-electron chi connectivity index (χ3n) is 5.82. The van der Waals surface area contributed by atoms with Gasteiger partial charge in [-0.25, -0.2) is 4.79 Å². The van der Waals surface area contributed by atoms with Crippen molar-refractivity contribution < 1.29 is 4.79 Å². The second kappa shape index (κ2) is 9.85. The summed E-state index contributed by atoms with van der Waals surface area (Å²) < 4.78 is 0. The fourth-order valence-corrected chi connectivity index (χ4v) is 4.18. The van der Waals surface area contributed by atoms with Gasteiger partial charge in [0.2, 0.25) is 0 Å². The monoisotopic (exact) mass is 367 g/mol. The number of rotatable bonds is 6. The van der Waals surface area contributed by atoms with Crippen LogP contribution in [0.1, 0.15) is 52.4 Å². The number of hydrogen-bond donors (Lipinski definition) is 7. The highest BCUT2D eigenvalue weighted by Crippen LogP contribution is 2.23. The summed E-state index contributed by atoms with van der Waals surface area (Å²) in [5, 5.41) is 23.3. The number of urea groups is 1. The first kappa shape index (κ1) is 19.8. The summed E-state index contributed by atoms with van der Waals surface area (Å²) in [5.41, 5.74) is 0. The summed E-state index contributed by atoms with van der Waals surface area (Å²) in [4.78, 5) is 12.3. The van der Waals surface area contributed by atoms with Gasteiger partial charge < -0.3 is 26.6 Å². The zero-order chi connectivity index (χ0) is 18.4. The fraction of sp³-hybridized carbons (Fsp3) is 0.944. The van der Waals surface area contributed by atoms with Gasteiger partial charge in [0.1, 0.15) is 6.29 Å². The molecular weight excluding hydrogens is 330 g/mol. The number of nitrogens with one attached hydrogen (secondary N) is 7. The molecule has 2 heterocycles. The highest BCUT2D eigenvalue weighted by atomic mass is 16.2. The first-order chi connectivity index (χ1) is 12.6.